The van der Waals surface area contributed by atoms with Crippen molar-refractivity contribution in [2.24, 2.45) is 0 Å². The molecule has 6 heteroatoms. The van der Waals surface area contributed by atoms with E-state index in [0.717, 1.165) is 5.69 Å². The molecular formula is C16H12N6. The predicted octanol–water partition coefficient (Wildman–Crippen LogP) is 2.93. The lowest BCUT2D eigenvalue weighted by Crippen LogP contribution is -2.00. The number of nitrogens with zero attached hydrogens (tertiary/aromatic N) is 5. The summed E-state index contributed by atoms with van der Waals surface area (Å²) in [6, 6.07) is 22.1. The van der Waals surface area contributed by atoms with Crippen molar-refractivity contribution in [1.29, 1.82) is 0 Å². The van der Waals surface area contributed by atoms with Gasteiger partial charge in [-0.25, -0.2) is 0 Å². The highest BCUT2D eigenvalue weighted by molar-refractivity contribution is 5.67. The Labute approximate surface area is 126 Å². The van der Waals surface area contributed by atoms with Gasteiger partial charge in [-0.2, -0.15) is 0 Å². The van der Waals surface area contributed by atoms with Gasteiger partial charge in [0.1, 0.15) is 0 Å². The summed E-state index contributed by atoms with van der Waals surface area (Å²) in [7, 11) is 0. The molecule has 2 heterocycles. The summed E-state index contributed by atoms with van der Waals surface area (Å²) in [5, 5.41) is 18.7. The molecule has 2 aromatic heterocycles. The molecule has 1 N–H and O–H groups in total. The van der Waals surface area contributed by atoms with Gasteiger partial charge in [0.15, 0.2) is 11.5 Å². The molecule has 22 heavy (non-hydrogen) atoms. The Morgan fingerprint density at radius 3 is 2.36 bits per heavy atom. The van der Waals surface area contributed by atoms with Gasteiger partial charge in [-0.1, -0.05) is 42.5 Å². The largest absolute Gasteiger partial charge is 0.339 e. The first kappa shape index (κ1) is 12.5. The summed E-state index contributed by atoms with van der Waals surface area (Å²) in [6.45, 7) is 0. The van der Waals surface area contributed by atoms with Gasteiger partial charge in [-0.15, -0.1) is 14.8 Å². The Morgan fingerprint density at radius 1 is 0.773 bits per heavy atom. The first-order valence-corrected chi connectivity index (χ1v) is 6.86. The Bertz CT molecular complexity index is 899. The highest BCUT2D eigenvalue weighted by Gasteiger charge is 2.02. The van der Waals surface area contributed by atoms with Crippen LogP contribution in [-0.2, 0) is 0 Å². The van der Waals surface area contributed by atoms with Crippen molar-refractivity contribution in [1.82, 2.24) is 25.3 Å². The molecule has 106 valence electrons. The molecule has 2 aromatic carbocycles. The molecule has 4 rings (SSSR count). The second kappa shape index (κ2) is 5.25. The average Bonchev–Trinajstić information content (AvgIpc) is 3.04. The molecule has 0 bridgehead atoms. The second-order valence-electron chi connectivity index (χ2n) is 4.81. The Morgan fingerprint density at radius 2 is 1.55 bits per heavy atom. The van der Waals surface area contributed by atoms with E-state index in [-0.39, 0.29) is 0 Å². The van der Waals surface area contributed by atoms with E-state index in [1.54, 1.807) is 0 Å². The van der Waals surface area contributed by atoms with Crippen LogP contribution < -0.4 is 5.32 Å². The van der Waals surface area contributed by atoms with Crippen molar-refractivity contribution in [2.75, 3.05) is 5.32 Å². The van der Waals surface area contributed by atoms with Gasteiger partial charge in [0.05, 0.1) is 0 Å². The van der Waals surface area contributed by atoms with Crippen LogP contribution in [0.25, 0.3) is 16.8 Å². The van der Waals surface area contributed by atoms with Crippen LogP contribution in [0.3, 0.4) is 0 Å². The number of fused-ring (bicyclic) bond motifs is 1. The Kier molecular flexibility index (Phi) is 2.97. The van der Waals surface area contributed by atoms with E-state index < -0.39 is 0 Å². The average molecular weight is 288 g/mol. The van der Waals surface area contributed by atoms with Crippen LogP contribution in [0.1, 0.15) is 0 Å². The minimum atomic E-state index is 0.616. The van der Waals surface area contributed by atoms with E-state index >= 15 is 0 Å². The van der Waals surface area contributed by atoms with Crippen molar-refractivity contribution in [2.45, 2.75) is 0 Å². The van der Waals surface area contributed by atoms with Crippen LogP contribution in [0.4, 0.5) is 11.5 Å². The monoisotopic (exact) mass is 288 g/mol. The third-order valence-electron chi connectivity index (χ3n) is 3.33. The van der Waals surface area contributed by atoms with Crippen LogP contribution >= 0.6 is 0 Å². The minimum absolute atomic E-state index is 0.616. The van der Waals surface area contributed by atoms with E-state index in [1.165, 1.54) is 15.8 Å². The highest BCUT2D eigenvalue weighted by atomic mass is 15.6. The van der Waals surface area contributed by atoms with E-state index in [0.29, 0.717) is 11.5 Å². The van der Waals surface area contributed by atoms with Crippen LogP contribution in [0.15, 0.2) is 66.7 Å². The van der Waals surface area contributed by atoms with Gasteiger partial charge in [0.25, 0.3) is 0 Å². The number of hydrogen-bond acceptors (Lipinski definition) is 5. The van der Waals surface area contributed by atoms with Crippen molar-refractivity contribution in [3.05, 3.63) is 66.7 Å². The number of aromatic nitrogens is 5. The molecular weight excluding hydrogens is 276 g/mol. The normalized spacial score (nSPS) is 10.7. The van der Waals surface area contributed by atoms with Gasteiger partial charge in [-0.3, -0.25) is 0 Å². The zero-order chi connectivity index (χ0) is 14.8. The molecule has 0 amide bonds. The lowest BCUT2D eigenvalue weighted by molar-refractivity contribution is 0.736. The second-order valence-corrected chi connectivity index (χ2v) is 4.81. The molecule has 0 aliphatic heterocycles. The van der Waals surface area contributed by atoms with E-state index in [1.807, 2.05) is 42.5 Å². The summed E-state index contributed by atoms with van der Waals surface area (Å²) >= 11 is 0. The fraction of sp³-hybridized carbons (Fsp3) is 0. The standard InChI is InChI=1S/C16H12N6/c1-2-4-12(5-3-1)13-6-8-14(9-7-13)17-15-10-11-16-18-20-21-22(16)19-15/h1-11H,(H,17,19). The SMILES string of the molecule is c1ccc(-c2ccc(Nc3ccc4nnnn4n3)cc2)cc1. The fourth-order valence-corrected chi connectivity index (χ4v) is 2.24. The van der Waals surface area contributed by atoms with E-state index in [4.69, 9.17) is 0 Å². The third-order valence-corrected chi connectivity index (χ3v) is 3.33. The number of nitrogens with one attached hydrogen (secondary N) is 1. The maximum atomic E-state index is 4.28. The molecule has 0 fully saturated rings. The summed E-state index contributed by atoms with van der Waals surface area (Å²) < 4.78 is 1.39. The molecule has 0 aliphatic carbocycles. The highest BCUT2D eigenvalue weighted by Crippen LogP contribution is 2.22. The molecule has 6 nitrogen and oxygen atoms in total. The van der Waals surface area contributed by atoms with Crippen LogP contribution in [0.2, 0.25) is 0 Å². The summed E-state index contributed by atoms with van der Waals surface area (Å²) in [6.07, 6.45) is 0. The summed E-state index contributed by atoms with van der Waals surface area (Å²) in [4.78, 5) is 0. The maximum Gasteiger partial charge on any atom is 0.200 e. The lowest BCUT2D eigenvalue weighted by atomic mass is 10.1. The van der Waals surface area contributed by atoms with Crippen LogP contribution in [0.5, 0.6) is 0 Å². The first-order valence-electron chi connectivity index (χ1n) is 6.86. The maximum absolute atomic E-state index is 4.28. The van der Waals surface area contributed by atoms with Gasteiger partial charge in [0, 0.05) is 5.69 Å². The molecule has 0 unspecified atom stereocenters. The topological polar surface area (TPSA) is 68.0 Å². The predicted molar refractivity (Wildman–Crippen MR) is 83.7 cm³/mol. The zero-order valence-corrected chi connectivity index (χ0v) is 11.6. The van der Waals surface area contributed by atoms with Crippen molar-refractivity contribution in [3.8, 4) is 11.1 Å². The van der Waals surface area contributed by atoms with Gasteiger partial charge < -0.3 is 5.32 Å². The molecule has 0 saturated heterocycles. The quantitative estimate of drug-likeness (QED) is 0.627. The third kappa shape index (κ3) is 2.37. The van der Waals surface area contributed by atoms with Gasteiger partial charge in [0.2, 0.25) is 0 Å². The number of tetrazole rings is 1. The lowest BCUT2D eigenvalue weighted by Gasteiger charge is -2.07. The zero-order valence-electron chi connectivity index (χ0n) is 11.6. The fourth-order valence-electron chi connectivity index (χ4n) is 2.24. The number of hydrogen-bond donors (Lipinski definition) is 1. The molecule has 0 radical (unpaired) electrons. The summed E-state index contributed by atoms with van der Waals surface area (Å²) in [5.41, 5.74) is 3.95. The van der Waals surface area contributed by atoms with E-state index in [9.17, 15) is 0 Å². The van der Waals surface area contributed by atoms with E-state index in [2.05, 4.69) is 50.2 Å². The van der Waals surface area contributed by atoms with Crippen molar-refractivity contribution in [3.63, 3.8) is 0 Å². The molecule has 4 aromatic rings. The molecule has 0 saturated carbocycles. The number of benzene rings is 2. The molecule has 0 atom stereocenters. The van der Waals surface area contributed by atoms with Crippen LogP contribution in [0, 0.1) is 0 Å². The number of anilines is 2. The summed E-state index contributed by atoms with van der Waals surface area (Å²) in [5.74, 6) is 0.687. The first-order chi connectivity index (χ1) is 10.9. The van der Waals surface area contributed by atoms with Crippen molar-refractivity contribution >= 4 is 17.2 Å². The smallest absolute Gasteiger partial charge is 0.200 e. The number of rotatable bonds is 3. The van der Waals surface area contributed by atoms with Gasteiger partial charge in [-0.05, 0) is 45.8 Å². The minimum Gasteiger partial charge on any atom is -0.339 e. The molecule has 0 spiro atoms. The van der Waals surface area contributed by atoms with Crippen molar-refractivity contribution < 1.29 is 0 Å². The van der Waals surface area contributed by atoms with Gasteiger partial charge >= 0.3 is 0 Å². The van der Waals surface area contributed by atoms with Crippen LogP contribution in [-0.4, -0.2) is 25.3 Å². The molecule has 0 aliphatic rings. The Balaban J connectivity index is 1.58. The Hall–Kier alpha value is -3.28.